The molecule has 1 fully saturated rings. The molecule has 2 aromatic rings. The summed E-state index contributed by atoms with van der Waals surface area (Å²) in [6.07, 6.45) is 4.17. The first kappa shape index (κ1) is 18.1. The molecule has 150 valence electrons. The maximum absolute atomic E-state index is 13.1. The summed E-state index contributed by atoms with van der Waals surface area (Å²) in [4.78, 5) is 15.4. The van der Waals surface area contributed by atoms with E-state index in [4.69, 9.17) is 18.9 Å². The van der Waals surface area contributed by atoms with Gasteiger partial charge in [0.1, 0.15) is 29.7 Å². The van der Waals surface area contributed by atoms with Gasteiger partial charge in [-0.15, -0.1) is 0 Å². The van der Waals surface area contributed by atoms with E-state index in [0.717, 1.165) is 29.0 Å². The van der Waals surface area contributed by atoms with Crippen LogP contribution in [0.1, 0.15) is 39.9 Å². The highest BCUT2D eigenvalue weighted by atomic mass is 16.5. The smallest absolute Gasteiger partial charge is 0.231 e. The van der Waals surface area contributed by atoms with Crippen molar-refractivity contribution < 1.29 is 23.7 Å². The summed E-state index contributed by atoms with van der Waals surface area (Å²) in [5.41, 5.74) is 3.29. The van der Waals surface area contributed by atoms with Crippen LogP contribution in [0.3, 0.4) is 0 Å². The Balaban J connectivity index is 1.50. The highest BCUT2D eigenvalue weighted by molar-refractivity contribution is 6.15. The number of allylic oxidation sites excluding steroid dienone is 1. The average Bonchev–Trinajstić information content (AvgIpc) is 3.55. The number of benzene rings is 2. The fourth-order valence-electron chi connectivity index (χ4n) is 4.02. The fourth-order valence-corrected chi connectivity index (χ4v) is 4.02. The summed E-state index contributed by atoms with van der Waals surface area (Å²) in [5, 5.41) is 0. The maximum Gasteiger partial charge on any atom is 0.231 e. The summed E-state index contributed by atoms with van der Waals surface area (Å²) in [6.45, 7) is 3.36. The molecular weight excluding hydrogens is 370 g/mol. The molecule has 0 unspecified atom stereocenters. The van der Waals surface area contributed by atoms with Crippen LogP contribution in [0.15, 0.2) is 30.0 Å². The molecule has 0 bridgehead atoms. The first-order chi connectivity index (χ1) is 14.1. The van der Waals surface area contributed by atoms with Gasteiger partial charge in [0.15, 0.2) is 5.76 Å². The van der Waals surface area contributed by atoms with E-state index in [0.29, 0.717) is 35.6 Å². The van der Waals surface area contributed by atoms with Gasteiger partial charge < -0.3 is 18.9 Å². The Bertz CT molecular complexity index is 1040. The van der Waals surface area contributed by atoms with Gasteiger partial charge >= 0.3 is 0 Å². The number of ketones is 1. The second kappa shape index (κ2) is 6.81. The third-order valence-electron chi connectivity index (χ3n) is 5.76. The molecule has 29 heavy (non-hydrogen) atoms. The summed E-state index contributed by atoms with van der Waals surface area (Å²) >= 11 is 0. The standard InChI is InChI=1S/C23H23NO5/c1-13-22-15(11-24(12-28-22)16-5-6-16)8-18-21(25)20(29-23(13)18)9-14-4-7-17(26-2)10-19(14)27-3/h4,7-10,16H,5-6,11-12H2,1-3H3. The summed E-state index contributed by atoms with van der Waals surface area (Å²) in [7, 11) is 3.19. The third kappa shape index (κ3) is 3.04. The van der Waals surface area contributed by atoms with Crippen molar-refractivity contribution in [3.63, 3.8) is 0 Å². The molecule has 2 aliphatic heterocycles. The van der Waals surface area contributed by atoms with E-state index in [9.17, 15) is 4.79 Å². The number of ether oxygens (including phenoxy) is 4. The van der Waals surface area contributed by atoms with E-state index in [1.807, 2.05) is 25.1 Å². The SMILES string of the molecule is COc1ccc(C=C2Oc3c(cc4c(c3C)OCN(C3CC3)C4)C2=O)c(OC)c1. The molecule has 0 amide bonds. The topological polar surface area (TPSA) is 57.2 Å². The van der Waals surface area contributed by atoms with Crippen LogP contribution in [0, 0.1) is 6.92 Å². The van der Waals surface area contributed by atoms with Crippen molar-refractivity contribution in [1.29, 1.82) is 0 Å². The Morgan fingerprint density at radius 2 is 1.97 bits per heavy atom. The van der Waals surface area contributed by atoms with Crippen LogP contribution in [0.2, 0.25) is 0 Å². The van der Waals surface area contributed by atoms with Gasteiger partial charge in [0.25, 0.3) is 0 Å². The van der Waals surface area contributed by atoms with Gasteiger partial charge in [-0.05, 0) is 44.0 Å². The van der Waals surface area contributed by atoms with Crippen LogP contribution >= 0.6 is 0 Å². The van der Waals surface area contributed by atoms with Crippen LogP contribution in [-0.2, 0) is 6.54 Å². The Morgan fingerprint density at radius 1 is 1.14 bits per heavy atom. The number of nitrogens with zero attached hydrogens (tertiary/aromatic N) is 1. The lowest BCUT2D eigenvalue weighted by molar-refractivity contribution is 0.0872. The number of hydrogen-bond acceptors (Lipinski definition) is 6. The first-order valence-electron chi connectivity index (χ1n) is 9.78. The van der Waals surface area contributed by atoms with Crippen LogP contribution in [0.25, 0.3) is 6.08 Å². The van der Waals surface area contributed by atoms with E-state index >= 15 is 0 Å². The number of carbonyl (C=O) groups is 1. The number of carbonyl (C=O) groups excluding carboxylic acids is 1. The van der Waals surface area contributed by atoms with Crippen molar-refractivity contribution in [3.8, 4) is 23.0 Å². The summed E-state index contributed by atoms with van der Waals surface area (Å²) < 4.78 is 22.7. The molecule has 2 heterocycles. The molecule has 0 aromatic heterocycles. The number of Topliss-reactive ketones (excluding diaryl/α,β-unsaturated/α-hetero) is 1. The highest BCUT2D eigenvalue weighted by Gasteiger charge is 2.36. The van der Waals surface area contributed by atoms with Crippen molar-refractivity contribution in [3.05, 3.63) is 52.3 Å². The molecule has 0 atom stereocenters. The molecule has 0 saturated heterocycles. The van der Waals surface area contributed by atoms with Crippen molar-refractivity contribution in [2.45, 2.75) is 32.4 Å². The van der Waals surface area contributed by atoms with Crippen molar-refractivity contribution in [2.75, 3.05) is 21.0 Å². The lowest BCUT2D eigenvalue weighted by Crippen LogP contribution is -2.34. The third-order valence-corrected chi connectivity index (χ3v) is 5.76. The van der Waals surface area contributed by atoms with Gasteiger partial charge in [-0.1, -0.05) is 0 Å². The van der Waals surface area contributed by atoms with E-state index in [1.165, 1.54) is 12.8 Å². The zero-order valence-corrected chi connectivity index (χ0v) is 16.8. The monoisotopic (exact) mass is 393 g/mol. The van der Waals surface area contributed by atoms with Crippen molar-refractivity contribution >= 4 is 11.9 Å². The molecule has 5 rings (SSSR count). The Hall–Kier alpha value is -2.99. The fraction of sp³-hybridized carbons (Fsp3) is 0.348. The molecular formula is C23H23NO5. The number of fused-ring (bicyclic) bond motifs is 2. The van der Waals surface area contributed by atoms with Crippen LogP contribution in [-0.4, -0.2) is 37.7 Å². The van der Waals surface area contributed by atoms with Crippen LogP contribution in [0.5, 0.6) is 23.0 Å². The molecule has 1 saturated carbocycles. The minimum absolute atomic E-state index is 0.118. The van der Waals surface area contributed by atoms with E-state index in [-0.39, 0.29) is 11.5 Å². The largest absolute Gasteiger partial charge is 0.497 e. The Labute approximate surface area is 169 Å². The molecule has 2 aromatic carbocycles. The predicted molar refractivity (Wildman–Crippen MR) is 108 cm³/mol. The molecule has 0 radical (unpaired) electrons. The van der Waals surface area contributed by atoms with Gasteiger partial charge in [-0.3, -0.25) is 9.69 Å². The minimum atomic E-state index is -0.118. The zero-order valence-electron chi connectivity index (χ0n) is 16.8. The van der Waals surface area contributed by atoms with Crippen molar-refractivity contribution in [2.24, 2.45) is 0 Å². The second-order valence-corrected chi connectivity index (χ2v) is 7.67. The predicted octanol–water partition coefficient (Wildman–Crippen LogP) is 3.94. The second-order valence-electron chi connectivity index (χ2n) is 7.67. The molecule has 6 nitrogen and oxygen atoms in total. The van der Waals surface area contributed by atoms with Crippen LogP contribution < -0.4 is 18.9 Å². The van der Waals surface area contributed by atoms with Gasteiger partial charge in [0.2, 0.25) is 5.78 Å². The summed E-state index contributed by atoms with van der Waals surface area (Å²) in [5.74, 6) is 2.90. The molecule has 1 aliphatic carbocycles. The quantitative estimate of drug-likeness (QED) is 0.734. The molecule has 6 heteroatoms. The van der Waals surface area contributed by atoms with Gasteiger partial charge in [0, 0.05) is 35.3 Å². The lowest BCUT2D eigenvalue weighted by Gasteiger charge is -2.30. The molecule has 0 N–H and O–H groups in total. The zero-order chi connectivity index (χ0) is 20.1. The van der Waals surface area contributed by atoms with E-state index in [1.54, 1.807) is 26.4 Å². The Morgan fingerprint density at radius 3 is 2.69 bits per heavy atom. The highest BCUT2D eigenvalue weighted by Crippen LogP contribution is 2.44. The summed E-state index contributed by atoms with van der Waals surface area (Å²) in [6, 6.07) is 8.00. The van der Waals surface area contributed by atoms with E-state index < -0.39 is 0 Å². The number of hydrogen-bond donors (Lipinski definition) is 0. The van der Waals surface area contributed by atoms with Crippen molar-refractivity contribution in [1.82, 2.24) is 4.90 Å². The van der Waals surface area contributed by atoms with Gasteiger partial charge in [-0.25, -0.2) is 0 Å². The normalized spacial score (nSPS) is 19.4. The number of methoxy groups -OCH3 is 2. The maximum atomic E-state index is 13.1. The molecule has 0 spiro atoms. The number of rotatable bonds is 4. The van der Waals surface area contributed by atoms with Crippen LogP contribution in [0.4, 0.5) is 0 Å². The molecule has 3 aliphatic rings. The lowest BCUT2D eigenvalue weighted by atomic mass is 10.00. The van der Waals surface area contributed by atoms with E-state index in [2.05, 4.69) is 4.90 Å². The van der Waals surface area contributed by atoms with Gasteiger partial charge in [-0.2, -0.15) is 0 Å². The first-order valence-corrected chi connectivity index (χ1v) is 9.78. The van der Waals surface area contributed by atoms with Gasteiger partial charge in [0.05, 0.1) is 19.8 Å². The Kier molecular flexibility index (Phi) is 4.24. The average molecular weight is 393 g/mol. The minimum Gasteiger partial charge on any atom is -0.497 e.